The molecule has 0 amide bonds. The molecule has 1 aromatic carbocycles. The number of hydrogen-bond acceptors (Lipinski definition) is 5. The van der Waals surface area contributed by atoms with Gasteiger partial charge in [-0.15, -0.1) is 0 Å². The Morgan fingerprint density at radius 1 is 0.929 bits per heavy atom. The molecule has 3 heterocycles. The largest absolute Gasteiger partial charge is 0.497 e. The van der Waals surface area contributed by atoms with Crippen LogP contribution in [0.5, 0.6) is 11.5 Å². The third-order valence-electron chi connectivity index (χ3n) is 4.89. The van der Waals surface area contributed by atoms with Crippen LogP contribution < -0.4 is 15.0 Å². The van der Waals surface area contributed by atoms with Crippen LogP contribution in [0.3, 0.4) is 0 Å². The van der Waals surface area contributed by atoms with Gasteiger partial charge in [0, 0.05) is 28.5 Å². The van der Waals surface area contributed by atoms with Crippen LogP contribution >= 0.6 is 0 Å². The second kappa shape index (κ2) is 6.84. The predicted octanol–water partition coefficient (Wildman–Crippen LogP) is 3.21. The summed E-state index contributed by atoms with van der Waals surface area (Å²) in [7, 11) is 3.20. The topological polar surface area (TPSA) is 71.2 Å². The smallest absolute Gasteiger partial charge is 0.282 e. The Balaban J connectivity index is 1.94. The van der Waals surface area contributed by atoms with E-state index in [4.69, 9.17) is 9.47 Å². The van der Waals surface area contributed by atoms with E-state index >= 15 is 0 Å². The van der Waals surface area contributed by atoms with Crippen LogP contribution in [-0.4, -0.2) is 33.6 Å². The second-order valence-corrected chi connectivity index (χ2v) is 6.41. The lowest BCUT2D eigenvalue weighted by Gasteiger charge is -2.10. The van der Waals surface area contributed by atoms with Gasteiger partial charge in [0.05, 0.1) is 32.0 Å². The highest BCUT2D eigenvalue weighted by molar-refractivity contribution is 5.88. The van der Waals surface area contributed by atoms with Crippen LogP contribution in [0.4, 0.5) is 0 Å². The summed E-state index contributed by atoms with van der Waals surface area (Å²) in [6.07, 6.45) is 3.27. The monoisotopic (exact) mass is 376 g/mol. The Kier molecular flexibility index (Phi) is 4.35. The van der Waals surface area contributed by atoms with Gasteiger partial charge in [-0.3, -0.25) is 4.79 Å². The molecule has 0 atom stereocenters. The number of aryl methyl sites for hydroxylation is 2. The molecule has 0 saturated carbocycles. The van der Waals surface area contributed by atoms with E-state index in [-0.39, 0.29) is 5.56 Å². The molecule has 0 aliphatic rings. The van der Waals surface area contributed by atoms with Crippen LogP contribution in [0.15, 0.2) is 53.6 Å². The second-order valence-electron chi connectivity index (χ2n) is 6.41. The van der Waals surface area contributed by atoms with E-state index < -0.39 is 0 Å². The predicted molar refractivity (Wildman–Crippen MR) is 107 cm³/mol. The fourth-order valence-electron chi connectivity index (χ4n) is 3.48. The molecular formula is C21H20N4O3. The molecule has 0 bridgehead atoms. The molecule has 4 rings (SSSR count). The third-order valence-corrected chi connectivity index (χ3v) is 4.89. The number of ether oxygens (including phenoxy) is 2. The molecule has 7 nitrogen and oxygen atoms in total. The average molecular weight is 376 g/mol. The molecule has 0 radical (unpaired) electrons. The average Bonchev–Trinajstić information content (AvgIpc) is 2.99. The summed E-state index contributed by atoms with van der Waals surface area (Å²) in [5, 5.41) is 5.77. The highest BCUT2D eigenvalue weighted by Crippen LogP contribution is 2.27. The lowest BCUT2D eigenvalue weighted by Crippen LogP contribution is -2.22. The van der Waals surface area contributed by atoms with Crippen molar-refractivity contribution >= 4 is 10.8 Å². The number of benzene rings is 1. The molecule has 0 spiro atoms. The maximum atomic E-state index is 13.2. The van der Waals surface area contributed by atoms with Gasteiger partial charge in [-0.1, -0.05) is 6.07 Å². The summed E-state index contributed by atoms with van der Waals surface area (Å²) in [5.41, 5.74) is 2.51. The maximum absolute atomic E-state index is 13.2. The van der Waals surface area contributed by atoms with E-state index in [0.717, 1.165) is 28.2 Å². The first-order chi connectivity index (χ1) is 13.5. The standard InChI is InChI=1S/C21H20N4O3/c1-13-18-12-23-25(19-9-8-17(28-4)11-22-19)21(26)20(18)14(2)24(13)15-6-5-7-16(10-15)27-3/h5-12H,1-4H3. The van der Waals surface area contributed by atoms with Crippen LogP contribution in [0.1, 0.15) is 11.4 Å². The van der Waals surface area contributed by atoms with Crippen molar-refractivity contribution in [1.29, 1.82) is 0 Å². The van der Waals surface area contributed by atoms with E-state index in [1.165, 1.54) is 4.68 Å². The molecule has 0 aliphatic carbocycles. The van der Waals surface area contributed by atoms with Gasteiger partial charge in [0.1, 0.15) is 11.5 Å². The number of aromatic nitrogens is 4. The summed E-state index contributed by atoms with van der Waals surface area (Å²) < 4.78 is 13.8. The summed E-state index contributed by atoms with van der Waals surface area (Å²) >= 11 is 0. The van der Waals surface area contributed by atoms with Gasteiger partial charge >= 0.3 is 0 Å². The van der Waals surface area contributed by atoms with Gasteiger partial charge in [-0.2, -0.15) is 9.78 Å². The van der Waals surface area contributed by atoms with Gasteiger partial charge in [-0.05, 0) is 38.1 Å². The fourth-order valence-corrected chi connectivity index (χ4v) is 3.48. The molecule has 0 saturated heterocycles. The highest BCUT2D eigenvalue weighted by Gasteiger charge is 2.18. The normalized spacial score (nSPS) is 11.0. The Bertz CT molecular complexity index is 1220. The summed E-state index contributed by atoms with van der Waals surface area (Å²) in [6.45, 7) is 3.91. The molecule has 28 heavy (non-hydrogen) atoms. The minimum absolute atomic E-state index is 0.211. The zero-order chi connectivity index (χ0) is 19.8. The van der Waals surface area contributed by atoms with E-state index in [1.54, 1.807) is 38.7 Å². The van der Waals surface area contributed by atoms with Crippen molar-refractivity contribution in [3.05, 3.63) is 70.5 Å². The minimum atomic E-state index is -0.211. The summed E-state index contributed by atoms with van der Waals surface area (Å²) in [4.78, 5) is 17.5. The summed E-state index contributed by atoms with van der Waals surface area (Å²) in [6, 6.07) is 11.2. The molecular weight excluding hydrogens is 356 g/mol. The van der Waals surface area contributed by atoms with Crippen LogP contribution in [0, 0.1) is 13.8 Å². The third kappa shape index (κ3) is 2.72. The van der Waals surface area contributed by atoms with Gasteiger partial charge in [-0.25, -0.2) is 4.98 Å². The quantitative estimate of drug-likeness (QED) is 0.547. The van der Waals surface area contributed by atoms with Crippen molar-refractivity contribution in [2.75, 3.05) is 14.2 Å². The lowest BCUT2D eigenvalue weighted by atomic mass is 10.2. The van der Waals surface area contributed by atoms with Crippen LogP contribution in [-0.2, 0) is 0 Å². The van der Waals surface area contributed by atoms with E-state index in [2.05, 4.69) is 10.1 Å². The van der Waals surface area contributed by atoms with E-state index in [1.807, 2.05) is 42.7 Å². The van der Waals surface area contributed by atoms with Gasteiger partial charge < -0.3 is 14.0 Å². The fraction of sp³-hybridized carbons (Fsp3) is 0.190. The molecule has 3 aromatic heterocycles. The highest BCUT2D eigenvalue weighted by atomic mass is 16.5. The Hall–Kier alpha value is -3.61. The zero-order valence-electron chi connectivity index (χ0n) is 16.1. The Morgan fingerprint density at radius 2 is 1.71 bits per heavy atom. The number of fused-ring (bicyclic) bond motifs is 1. The minimum Gasteiger partial charge on any atom is -0.497 e. The Morgan fingerprint density at radius 3 is 2.39 bits per heavy atom. The van der Waals surface area contributed by atoms with Crippen molar-refractivity contribution in [1.82, 2.24) is 19.3 Å². The number of hydrogen-bond donors (Lipinski definition) is 0. The number of nitrogens with zero attached hydrogens (tertiary/aromatic N) is 4. The van der Waals surface area contributed by atoms with Crippen molar-refractivity contribution in [2.24, 2.45) is 0 Å². The lowest BCUT2D eigenvalue weighted by molar-refractivity contribution is 0.412. The van der Waals surface area contributed by atoms with Crippen molar-refractivity contribution in [2.45, 2.75) is 13.8 Å². The van der Waals surface area contributed by atoms with Crippen molar-refractivity contribution < 1.29 is 9.47 Å². The Labute approximate surface area is 161 Å². The first-order valence-corrected chi connectivity index (χ1v) is 8.80. The van der Waals surface area contributed by atoms with Gasteiger partial charge in [0.15, 0.2) is 5.82 Å². The molecule has 7 heteroatoms. The molecule has 0 N–H and O–H groups in total. The van der Waals surface area contributed by atoms with Gasteiger partial charge in [0.2, 0.25) is 0 Å². The first kappa shape index (κ1) is 17.8. The SMILES string of the molecule is COc1ccc(-n2ncc3c(C)n(-c4cccc(OC)c4)c(C)c3c2=O)nc1. The van der Waals surface area contributed by atoms with Crippen LogP contribution in [0.25, 0.3) is 22.3 Å². The molecule has 142 valence electrons. The zero-order valence-corrected chi connectivity index (χ0v) is 16.1. The maximum Gasteiger partial charge on any atom is 0.282 e. The van der Waals surface area contributed by atoms with Crippen LogP contribution in [0.2, 0.25) is 0 Å². The molecule has 0 fully saturated rings. The number of methoxy groups -OCH3 is 2. The van der Waals surface area contributed by atoms with Gasteiger partial charge in [0.25, 0.3) is 5.56 Å². The van der Waals surface area contributed by atoms with E-state index in [9.17, 15) is 4.79 Å². The van der Waals surface area contributed by atoms with E-state index in [0.29, 0.717) is 17.0 Å². The van der Waals surface area contributed by atoms with Crippen molar-refractivity contribution in [3.8, 4) is 23.0 Å². The molecule has 4 aromatic rings. The first-order valence-electron chi connectivity index (χ1n) is 8.80. The number of rotatable bonds is 4. The number of pyridine rings is 1. The molecule has 0 unspecified atom stereocenters. The van der Waals surface area contributed by atoms with Crippen molar-refractivity contribution in [3.63, 3.8) is 0 Å². The molecule has 0 aliphatic heterocycles. The summed E-state index contributed by atoms with van der Waals surface area (Å²) in [5.74, 6) is 1.82.